The van der Waals surface area contributed by atoms with Crippen molar-refractivity contribution in [3.63, 3.8) is 0 Å². The van der Waals surface area contributed by atoms with E-state index in [2.05, 4.69) is 25.6 Å². The molecular formula is C27H21ClF3N5O2. The predicted octanol–water partition coefficient (Wildman–Crippen LogP) is 5.89. The average Bonchev–Trinajstić information content (AvgIpc) is 2.90. The van der Waals surface area contributed by atoms with Gasteiger partial charge in [0.25, 0.3) is 5.91 Å². The van der Waals surface area contributed by atoms with Gasteiger partial charge in [-0.2, -0.15) is 13.2 Å². The van der Waals surface area contributed by atoms with Crippen LogP contribution in [0.2, 0.25) is 0 Å². The van der Waals surface area contributed by atoms with Gasteiger partial charge in [-0.25, -0.2) is 9.97 Å². The molecule has 4 aromatic rings. The van der Waals surface area contributed by atoms with E-state index in [1.54, 1.807) is 42.9 Å². The Balaban J connectivity index is 1.55. The van der Waals surface area contributed by atoms with Crippen LogP contribution in [0.15, 0.2) is 73.2 Å². The normalized spacial score (nSPS) is 11.2. The summed E-state index contributed by atoms with van der Waals surface area (Å²) in [5.74, 6) is -1.33. The van der Waals surface area contributed by atoms with Gasteiger partial charge >= 0.3 is 6.18 Å². The summed E-state index contributed by atoms with van der Waals surface area (Å²) < 4.78 is 40.7. The number of anilines is 2. The van der Waals surface area contributed by atoms with Crippen LogP contribution in [0.4, 0.5) is 24.5 Å². The fourth-order valence-corrected chi connectivity index (χ4v) is 3.75. The minimum atomic E-state index is -4.77. The Morgan fingerprint density at radius 3 is 2.53 bits per heavy atom. The predicted molar refractivity (Wildman–Crippen MR) is 138 cm³/mol. The van der Waals surface area contributed by atoms with Crippen molar-refractivity contribution in [3.05, 3.63) is 101 Å². The maximum atomic E-state index is 13.6. The zero-order valence-corrected chi connectivity index (χ0v) is 20.8. The minimum absolute atomic E-state index is 0.0826. The smallest absolute Gasteiger partial charge is 0.324 e. The highest BCUT2D eigenvalue weighted by Crippen LogP contribution is 2.36. The van der Waals surface area contributed by atoms with E-state index in [0.717, 1.165) is 28.8 Å². The monoisotopic (exact) mass is 539 g/mol. The molecule has 2 aromatic heterocycles. The molecule has 2 heterocycles. The number of nitrogens with one attached hydrogen (secondary N) is 2. The lowest BCUT2D eigenvalue weighted by Gasteiger charge is -2.16. The zero-order chi connectivity index (χ0) is 27.3. The first-order valence-corrected chi connectivity index (χ1v) is 11.9. The minimum Gasteiger partial charge on any atom is -0.324 e. The van der Waals surface area contributed by atoms with Gasteiger partial charge in [0.05, 0.1) is 16.9 Å². The molecule has 0 atom stereocenters. The van der Waals surface area contributed by atoms with Crippen LogP contribution in [0.1, 0.15) is 32.9 Å². The molecule has 0 aliphatic rings. The van der Waals surface area contributed by atoms with Gasteiger partial charge in [0, 0.05) is 41.8 Å². The van der Waals surface area contributed by atoms with Crippen LogP contribution in [0.5, 0.6) is 0 Å². The van der Waals surface area contributed by atoms with Gasteiger partial charge in [-0.05, 0) is 66.6 Å². The van der Waals surface area contributed by atoms with Crippen LogP contribution in [0.3, 0.4) is 0 Å². The third-order valence-electron chi connectivity index (χ3n) is 5.60. The third-order valence-corrected chi connectivity index (χ3v) is 5.84. The van der Waals surface area contributed by atoms with Gasteiger partial charge in [0.2, 0.25) is 5.91 Å². The fraction of sp³-hybridized carbons (Fsp3) is 0.148. The van der Waals surface area contributed by atoms with Crippen LogP contribution < -0.4 is 10.6 Å². The number of amides is 2. The molecule has 0 saturated heterocycles. The number of carbonyl (C=O) groups excluding carboxylic acids is 2. The number of alkyl halides is 4. The number of benzene rings is 2. The molecule has 0 aliphatic heterocycles. The molecule has 0 saturated carbocycles. The molecule has 4 rings (SSSR count). The quantitative estimate of drug-likeness (QED) is 0.286. The Kier molecular flexibility index (Phi) is 8.02. The molecule has 0 fully saturated rings. The topological polar surface area (TPSA) is 96.9 Å². The molecule has 2 N–H and O–H groups in total. The van der Waals surface area contributed by atoms with Gasteiger partial charge in [-0.15, -0.1) is 11.6 Å². The number of aromatic nitrogens is 3. The van der Waals surface area contributed by atoms with Crippen molar-refractivity contribution >= 4 is 34.8 Å². The van der Waals surface area contributed by atoms with Crippen LogP contribution >= 0.6 is 11.6 Å². The van der Waals surface area contributed by atoms with Crippen molar-refractivity contribution in [1.29, 1.82) is 0 Å². The van der Waals surface area contributed by atoms with Crippen LogP contribution in [0.25, 0.3) is 11.3 Å². The third kappa shape index (κ3) is 6.51. The summed E-state index contributed by atoms with van der Waals surface area (Å²) in [6.07, 6.45) is 0.591. The van der Waals surface area contributed by atoms with Crippen LogP contribution in [-0.4, -0.2) is 32.6 Å². The van der Waals surface area contributed by atoms with E-state index in [4.69, 9.17) is 11.6 Å². The highest BCUT2D eigenvalue weighted by atomic mass is 35.5. The van der Waals surface area contributed by atoms with E-state index in [9.17, 15) is 22.8 Å². The summed E-state index contributed by atoms with van der Waals surface area (Å²) in [7, 11) is 0. The lowest BCUT2D eigenvalue weighted by molar-refractivity contribution is -0.136. The van der Waals surface area contributed by atoms with Gasteiger partial charge in [0.1, 0.15) is 11.7 Å². The molecule has 38 heavy (non-hydrogen) atoms. The average molecular weight is 540 g/mol. The zero-order valence-electron chi connectivity index (χ0n) is 20.0. The Bertz CT molecular complexity index is 1480. The molecule has 7 nitrogen and oxygen atoms in total. The van der Waals surface area contributed by atoms with Crippen molar-refractivity contribution in [1.82, 2.24) is 15.0 Å². The van der Waals surface area contributed by atoms with E-state index in [1.807, 2.05) is 19.1 Å². The molecule has 0 unspecified atom stereocenters. The van der Waals surface area contributed by atoms with Crippen molar-refractivity contribution in [3.8, 4) is 11.3 Å². The van der Waals surface area contributed by atoms with Crippen molar-refractivity contribution in [2.75, 3.05) is 16.5 Å². The summed E-state index contributed by atoms with van der Waals surface area (Å²) in [4.78, 5) is 37.4. The van der Waals surface area contributed by atoms with E-state index < -0.39 is 35.1 Å². The SMILES string of the molecule is Cc1ccc(C(=O)Nc2ccc(NC(=O)CCl)c(C(F)(F)F)c2)cc1Cc1nccc(-c2cccnc2)n1. The van der Waals surface area contributed by atoms with Crippen molar-refractivity contribution < 1.29 is 22.8 Å². The van der Waals surface area contributed by atoms with Gasteiger partial charge < -0.3 is 10.6 Å². The second-order valence-electron chi connectivity index (χ2n) is 8.31. The summed E-state index contributed by atoms with van der Waals surface area (Å²) in [6, 6.07) is 13.6. The lowest BCUT2D eigenvalue weighted by atomic mass is 10.0. The first-order chi connectivity index (χ1) is 18.1. The van der Waals surface area contributed by atoms with E-state index in [0.29, 0.717) is 17.9 Å². The van der Waals surface area contributed by atoms with Gasteiger partial charge in [-0.3, -0.25) is 14.6 Å². The van der Waals surface area contributed by atoms with Crippen molar-refractivity contribution in [2.45, 2.75) is 19.5 Å². The number of hydrogen-bond donors (Lipinski definition) is 2. The number of nitrogens with zero attached hydrogens (tertiary/aromatic N) is 3. The van der Waals surface area contributed by atoms with Crippen molar-refractivity contribution in [2.24, 2.45) is 0 Å². The highest BCUT2D eigenvalue weighted by molar-refractivity contribution is 6.29. The molecule has 2 amide bonds. The van der Waals surface area contributed by atoms with E-state index in [1.165, 1.54) is 6.07 Å². The van der Waals surface area contributed by atoms with E-state index in [-0.39, 0.29) is 11.3 Å². The summed E-state index contributed by atoms with van der Waals surface area (Å²) in [6.45, 7) is 1.88. The standard InChI is InChI=1S/C27H21ClF3N5O2/c1-16-4-5-17(11-19(16)12-24-33-10-8-22(35-24)18-3-2-9-32-15-18)26(38)34-20-6-7-23(36-25(37)14-28)21(13-20)27(29,30)31/h2-11,13,15H,12,14H2,1H3,(H,34,38)(H,36,37). The lowest BCUT2D eigenvalue weighted by Crippen LogP contribution is -2.18. The Morgan fingerprint density at radius 2 is 1.82 bits per heavy atom. The number of aryl methyl sites for hydroxylation is 1. The van der Waals surface area contributed by atoms with Crippen LogP contribution in [0, 0.1) is 6.92 Å². The first-order valence-electron chi connectivity index (χ1n) is 11.3. The van der Waals surface area contributed by atoms with Gasteiger partial charge in [0.15, 0.2) is 0 Å². The molecule has 0 radical (unpaired) electrons. The molecule has 0 spiro atoms. The molecule has 0 bridgehead atoms. The largest absolute Gasteiger partial charge is 0.418 e. The maximum Gasteiger partial charge on any atom is 0.418 e. The first kappa shape index (κ1) is 26.7. The highest BCUT2D eigenvalue weighted by Gasteiger charge is 2.34. The van der Waals surface area contributed by atoms with Gasteiger partial charge in [-0.1, -0.05) is 6.07 Å². The maximum absolute atomic E-state index is 13.6. The summed E-state index contributed by atoms with van der Waals surface area (Å²) >= 11 is 5.39. The Morgan fingerprint density at radius 1 is 1.00 bits per heavy atom. The summed E-state index contributed by atoms with van der Waals surface area (Å²) in [5.41, 5.74) is 1.85. The van der Waals surface area contributed by atoms with E-state index >= 15 is 0 Å². The number of halogens is 4. The summed E-state index contributed by atoms with van der Waals surface area (Å²) in [5, 5.41) is 4.60. The Hall–Kier alpha value is -4.31. The second kappa shape index (κ2) is 11.4. The molecule has 194 valence electrons. The molecular weight excluding hydrogens is 519 g/mol. The number of pyridine rings is 1. The second-order valence-corrected chi connectivity index (χ2v) is 8.58. The molecule has 0 aliphatic carbocycles. The number of carbonyl (C=O) groups is 2. The Labute approximate surface area is 221 Å². The fourth-order valence-electron chi connectivity index (χ4n) is 3.69. The molecule has 2 aromatic carbocycles. The number of rotatable bonds is 7. The van der Waals surface area contributed by atoms with Crippen LogP contribution in [-0.2, 0) is 17.4 Å². The number of hydrogen-bond acceptors (Lipinski definition) is 5. The molecule has 11 heteroatoms.